The molecule has 0 aliphatic rings. The minimum absolute atomic E-state index is 0.339. The Balaban J connectivity index is 2.29. The highest BCUT2D eigenvalue weighted by Gasteiger charge is 2.11. The molecular formula is C11H16ClN5. The maximum Gasteiger partial charge on any atom is 0.163 e. The SMILES string of the molecule is CCC(CCCl)Nc1ncnc2c1cnn2C. The van der Waals surface area contributed by atoms with Crippen LogP contribution in [0.15, 0.2) is 12.5 Å². The largest absolute Gasteiger partial charge is 0.367 e. The zero-order valence-corrected chi connectivity index (χ0v) is 10.8. The zero-order valence-electron chi connectivity index (χ0n) is 10.0. The average molecular weight is 254 g/mol. The van der Waals surface area contributed by atoms with Crippen LogP contribution in [0, 0.1) is 0 Å². The second-order valence-electron chi connectivity index (χ2n) is 3.95. The molecule has 0 saturated carbocycles. The third-order valence-corrected chi connectivity index (χ3v) is 3.04. The predicted molar refractivity (Wildman–Crippen MR) is 69.3 cm³/mol. The number of halogens is 1. The molecule has 2 aromatic rings. The number of nitrogens with one attached hydrogen (secondary N) is 1. The first kappa shape index (κ1) is 12.1. The Hall–Kier alpha value is -1.36. The third kappa shape index (κ3) is 2.49. The van der Waals surface area contributed by atoms with Crippen molar-refractivity contribution >= 4 is 28.5 Å². The van der Waals surface area contributed by atoms with Crippen LogP contribution in [0.2, 0.25) is 0 Å². The lowest BCUT2D eigenvalue weighted by Gasteiger charge is -2.16. The van der Waals surface area contributed by atoms with E-state index in [-0.39, 0.29) is 0 Å². The molecule has 6 heteroatoms. The van der Waals surface area contributed by atoms with E-state index in [1.807, 2.05) is 7.05 Å². The van der Waals surface area contributed by atoms with Gasteiger partial charge >= 0.3 is 0 Å². The molecule has 0 aromatic carbocycles. The molecule has 2 aromatic heterocycles. The van der Waals surface area contributed by atoms with Gasteiger partial charge in [0.05, 0.1) is 11.6 Å². The van der Waals surface area contributed by atoms with Gasteiger partial charge in [-0.1, -0.05) is 6.92 Å². The minimum Gasteiger partial charge on any atom is -0.367 e. The number of aromatic nitrogens is 4. The third-order valence-electron chi connectivity index (χ3n) is 2.82. The van der Waals surface area contributed by atoms with Gasteiger partial charge in [-0.15, -0.1) is 11.6 Å². The molecular weight excluding hydrogens is 238 g/mol. The smallest absolute Gasteiger partial charge is 0.163 e. The van der Waals surface area contributed by atoms with Crippen molar-refractivity contribution in [3.8, 4) is 0 Å². The zero-order chi connectivity index (χ0) is 12.3. The molecule has 0 aliphatic heterocycles. The average Bonchev–Trinajstić information content (AvgIpc) is 2.72. The van der Waals surface area contributed by atoms with Crippen LogP contribution in [0.3, 0.4) is 0 Å². The van der Waals surface area contributed by atoms with E-state index in [0.29, 0.717) is 11.9 Å². The number of anilines is 1. The molecule has 0 fully saturated rings. The van der Waals surface area contributed by atoms with Gasteiger partial charge in [0.25, 0.3) is 0 Å². The maximum atomic E-state index is 5.77. The molecule has 0 saturated heterocycles. The first-order chi connectivity index (χ1) is 8.26. The molecule has 0 amide bonds. The van der Waals surface area contributed by atoms with Gasteiger partial charge in [-0.05, 0) is 12.8 Å². The molecule has 1 unspecified atom stereocenters. The molecule has 1 N–H and O–H groups in total. The van der Waals surface area contributed by atoms with E-state index < -0.39 is 0 Å². The molecule has 0 bridgehead atoms. The van der Waals surface area contributed by atoms with Gasteiger partial charge < -0.3 is 5.32 Å². The van der Waals surface area contributed by atoms with Gasteiger partial charge in [-0.2, -0.15) is 5.10 Å². The highest BCUT2D eigenvalue weighted by atomic mass is 35.5. The summed E-state index contributed by atoms with van der Waals surface area (Å²) in [4.78, 5) is 8.48. The standard InChI is InChI=1S/C11H16ClN5/c1-3-8(4-5-12)16-10-9-6-15-17(2)11(9)14-7-13-10/h6-8H,3-5H2,1-2H3,(H,13,14,16). The van der Waals surface area contributed by atoms with Crippen LogP contribution >= 0.6 is 11.6 Å². The van der Waals surface area contributed by atoms with Crippen molar-refractivity contribution in [1.29, 1.82) is 0 Å². The van der Waals surface area contributed by atoms with Gasteiger partial charge in [0, 0.05) is 19.0 Å². The van der Waals surface area contributed by atoms with Gasteiger partial charge in [-0.3, -0.25) is 4.68 Å². The number of hydrogen-bond acceptors (Lipinski definition) is 4. The Morgan fingerprint density at radius 3 is 3.00 bits per heavy atom. The number of nitrogens with zero attached hydrogens (tertiary/aromatic N) is 4. The number of aryl methyl sites for hydroxylation is 1. The predicted octanol–water partition coefficient (Wildman–Crippen LogP) is 2.18. The summed E-state index contributed by atoms with van der Waals surface area (Å²) in [6.07, 6.45) is 5.27. The monoisotopic (exact) mass is 253 g/mol. The van der Waals surface area contributed by atoms with Crippen LogP contribution in [0.1, 0.15) is 19.8 Å². The Labute approximate surface area is 105 Å². The minimum atomic E-state index is 0.339. The van der Waals surface area contributed by atoms with Gasteiger partial charge in [0.15, 0.2) is 5.65 Å². The molecule has 1 atom stereocenters. The molecule has 0 aliphatic carbocycles. The lowest BCUT2D eigenvalue weighted by molar-refractivity contribution is 0.672. The fourth-order valence-electron chi connectivity index (χ4n) is 1.78. The number of rotatable bonds is 5. The van der Waals surface area contributed by atoms with Crippen LogP contribution in [-0.4, -0.2) is 31.7 Å². The fraction of sp³-hybridized carbons (Fsp3) is 0.545. The van der Waals surface area contributed by atoms with Gasteiger partial charge in [-0.25, -0.2) is 9.97 Å². The summed E-state index contributed by atoms with van der Waals surface area (Å²) in [5.41, 5.74) is 0.836. The second-order valence-corrected chi connectivity index (χ2v) is 4.33. The summed E-state index contributed by atoms with van der Waals surface area (Å²) in [7, 11) is 1.87. The molecule has 0 radical (unpaired) electrons. The van der Waals surface area contributed by atoms with E-state index in [2.05, 4.69) is 27.3 Å². The quantitative estimate of drug-likeness (QED) is 0.830. The first-order valence-electron chi connectivity index (χ1n) is 5.71. The Morgan fingerprint density at radius 1 is 1.47 bits per heavy atom. The van der Waals surface area contributed by atoms with Crippen molar-refractivity contribution in [3.63, 3.8) is 0 Å². The Kier molecular flexibility index (Phi) is 3.78. The van der Waals surface area contributed by atoms with Crippen LogP contribution in [-0.2, 0) is 7.05 Å². The van der Waals surface area contributed by atoms with Gasteiger partial charge in [0.2, 0.25) is 0 Å². The normalized spacial score (nSPS) is 12.9. The number of hydrogen-bond donors (Lipinski definition) is 1. The van der Waals surface area contributed by atoms with Crippen molar-refractivity contribution in [1.82, 2.24) is 19.7 Å². The number of alkyl halides is 1. The van der Waals surface area contributed by atoms with Crippen molar-refractivity contribution in [3.05, 3.63) is 12.5 Å². The maximum absolute atomic E-state index is 5.77. The second kappa shape index (κ2) is 5.31. The van der Waals surface area contributed by atoms with Crippen molar-refractivity contribution < 1.29 is 0 Å². The summed E-state index contributed by atoms with van der Waals surface area (Å²) in [6.45, 7) is 2.13. The van der Waals surface area contributed by atoms with Crippen LogP contribution in [0.4, 0.5) is 5.82 Å². The van der Waals surface area contributed by atoms with E-state index in [4.69, 9.17) is 11.6 Å². The molecule has 92 valence electrons. The summed E-state index contributed by atoms with van der Waals surface area (Å²) in [5, 5.41) is 8.53. The van der Waals surface area contributed by atoms with Crippen LogP contribution in [0.5, 0.6) is 0 Å². The lowest BCUT2D eigenvalue weighted by Crippen LogP contribution is -2.19. The van der Waals surface area contributed by atoms with Crippen LogP contribution in [0.25, 0.3) is 11.0 Å². The number of fused-ring (bicyclic) bond motifs is 1. The summed E-state index contributed by atoms with van der Waals surface area (Å²) < 4.78 is 1.74. The van der Waals surface area contributed by atoms with Crippen molar-refractivity contribution in [2.75, 3.05) is 11.2 Å². The molecule has 2 rings (SSSR count). The highest BCUT2D eigenvalue weighted by molar-refractivity contribution is 6.17. The summed E-state index contributed by atoms with van der Waals surface area (Å²) in [6, 6.07) is 0.339. The summed E-state index contributed by atoms with van der Waals surface area (Å²) in [5.74, 6) is 1.48. The van der Waals surface area contributed by atoms with Gasteiger partial charge in [0.1, 0.15) is 12.1 Å². The Bertz CT molecular complexity index is 496. The van der Waals surface area contributed by atoms with E-state index in [1.165, 1.54) is 0 Å². The van der Waals surface area contributed by atoms with E-state index in [1.54, 1.807) is 17.2 Å². The van der Waals surface area contributed by atoms with Crippen molar-refractivity contribution in [2.45, 2.75) is 25.8 Å². The van der Waals surface area contributed by atoms with Crippen molar-refractivity contribution in [2.24, 2.45) is 7.05 Å². The molecule has 2 heterocycles. The molecule has 5 nitrogen and oxygen atoms in total. The molecule has 17 heavy (non-hydrogen) atoms. The fourth-order valence-corrected chi connectivity index (χ4v) is 2.04. The highest BCUT2D eigenvalue weighted by Crippen LogP contribution is 2.19. The first-order valence-corrected chi connectivity index (χ1v) is 6.25. The molecule has 0 spiro atoms. The van der Waals surface area contributed by atoms with E-state index in [9.17, 15) is 0 Å². The van der Waals surface area contributed by atoms with Crippen LogP contribution < -0.4 is 5.32 Å². The van der Waals surface area contributed by atoms with E-state index >= 15 is 0 Å². The topological polar surface area (TPSA) is 55.6 Å². The lowest BCUT2D eigenvalue weighted by atomic mass is 10.1. The van der Waals surface area contributed by atoms with E-state index in [0.717, 1.165) is 29.7 Å². The summed E-state index contributed by atoms with van der Waals surface area (Å²) >= 11 is 5.77. The Morgan fingerprint density at radius 2 is 2.29 bits per heavy atom.